The number of carbonyl (C=O) groups excluding carboxylic acids is 3. The second-order valence-electron chi connectivity index (χ2n) is 8.73. The number of amides is 4. The molecule has 7 nitrogen and oxygen atoms in total. The van der Waals surface area contributed by atoms with Gasteiger partial charge in [-0.3, -0.25) is 19.8 Å². The second kappa shape index (κ2) is 7.41. The Balaban J connectivity index is 1.61. The summed E-state index contributed by atoms with van der Waals surface area (Å²) in [6, 6.07) is 14.2. The molecule has 2 atom stereocenters. The largest absolute Gasteiger partial charge is 0.399 e. The van der Waals surface area contributed by atoms with Gasteiger partial charge in [0.1, 0.15) is 0 Å². The van der Waals surface area contributed by atoms with Gasteiger partial charge in [0.05, 0.1) is 12.6 Å². The van der Waals surface area contributed by atoms with Crippen molar-refractivity contribution in [2.45, 2.75) is 44.7 Å². The maximum absolute atomic E-state index is 14.0. The molecule has 4 amide bonds. The van der Waals surface area contributed by atoms with Crippen molar-refractivity contribution < 1.29 is 14.4 Å². The molecule has 0 aromatic heterocycles. The van der Waals surface area contributed by atoms with Crippen molar-refractivity contribution in [2.24, 2.45) is 5.41 Å². The SMILES string of the molecule is Nc1ccc2c(c1)C[C@@]1(C(=O)NC(=O)N(Cc3ccccc3)C1=O)[C@H]1CCCCCN21. The molecule has 2 aromatic carbocycles. The van der Waals surface area contributed by atoms with Crippen molar-refractivity contribution in [3.63, 3.8) is 0 Å². The van der Waals surface area contributed by atoms with Crippen LogP contribution in [0, 0.1) is 5.41 Å². The summed E-state index contributed by atoms with van der Waals surface area (Å²) < 4.78 is 0. The summed E-state index contributed by atoms with van der Waals surface area (Å²) in [6.07, 6.45) is 3.98. The molecule has 2 aromatic rings. The lowest BCUT2D eigenvalue weighted by Gasteiger charge is -2.51. The fourth-order valence-corrected chi connectivity index (χ4v) is 5.42. The highest BCUT2D eigenvalue weighted by Gasteiger charge is 2.61. The number of barbiturate groups is 1. The summed E-state index contributed by atoms with van der Waals surface area (Å²) in [5.41, 5.74) is 8.08. The fraction of sp³-hybridized carbons (Fsp3) is 0.375. The van der Waals surface area contributed by atoms with Crippen LogP contribution in [-0.2, 0) is 22.6 Å². The molecule has 3 N–H and O–H groups in total. The van der Waals surface area contributed by atoms with E-state index < -0.39 is 23.3 Å². The minimum absolute atomic E-state index is 0.136. The van der Waals surface area contributed by atoms with Gasteiger partial charge in [-0.2, -0.15) is 0 Å². The number of hydrogen-bond donors (Lipinski definition) is 2. The first kappa shape index (κ1) is 19.6. The molecular weight excluding hydrogens is 392 g/mol. The highest BCUT2D eigenvalue weighted by Crippen LogP contribution is 2.47. The monoisotopic (exact) mass is 418 g/mol. The molecule has 2 fully saturated rings. The van der Waals surface area contributed by atoms with Gasteiger partial charge in [-0.1, -0.05) is 43.2 Å². The minimum Gasteiger partial charge on any atom is -0.399 e. The summed E-state index contributed by atoms with van der Waals surface area (Å²) in [4.78, 5) is 43.5. The lowest BCUT2D eigenvalue weighted by molar-refractivity contribution is -0.154. The van der Waals surface area contributed by atoms with Gasteiger partial charge in [0.25, 0.3) is 0 Å². The van der Waals surface area contributed by atoms with Gasteiger partial charge < -0.3 is 10.6 Å². The number of urea groups is 1. The summed E-state index contributed by atoms with van der Waals surface area (Å²) in [5.74, 6) is -0.896. The standard InChI is InChI=1S/C24H26N4O3/c25-18-10-11-19-17(13-18)14-24(20-9-5-2-6-12-27(19)20)21(29)26-23(31)28(22(24)30)15-16-7-3-1-4-8-16/h1,3-4,7-8,10-11,13,20H,2,5-6,9,12,14-15,25H2,(H,26,29,31)/t20-,24+/m1/s1. The third-order valence-corrected chi connectivity index (χ3v) is 6.89. The maximum Gasteiger partial charge on any atom is 0.331 e. The summed E-state index contributed by atoms with van der Waals surface area (Å²) in [6.45, 7) is 0.910. The van der Waals surface area contributed by atoms with Crippen LogP contribution in [0.5, 0.6) is 0 Å². The van der Waals surface area contributed by atoms with Crippen LogP contribution in [0.3, 0.4) is 0 Å². The molecule has 3 aliphatic heterocycles. The molecule has 0 saturated carbocycles. The topological polar surface area (TPSA) is 95.7 Å². The molecule has 7 heteroatoms. The zero-order valence-corrected chi connectivity index (χ0v) is 17.3. The number of carbonyl (C=O) groups is 3. The summed E-state index contributed by atoms with van der Waals surface area (Å²) in [5, 5.41) is 2.51. The molecular formula is C24H26N4O3. The van der Waals surface area contributed by atoms with Crippen molar-refractivity contribution >= 4 is 29.2 Å². The number of nitrogens with zero attached hydrogens (tertiary/aromatic N) is 2. The van der Waals surface area contributed by atoms with Gasteiger partial charge in [-0.25, -0.2) is 4.79 Å². The number of nitrogens with two attached hydrogens (primary N) is 1. The number of benzene rings is 2. The van der Waals surface area contributed by atoms with Crippen LogP contribution in [0.15, 0.2) is 48.5 Å². The molecule has 0 radical (unpaired) electrons. The molecule has 160 valence electrons. The highest BCUT2D eigenvalue weighted by molar-refractivity contribution is 6.20. The van der Waals surface area contributed by atoms with E-state index in [-0.39, 0.29) is 19.0 Å². The van der Waals surface area contributed by atoms with Crippen LogP contribution in [-0.4, -0.2) is 35.3 Å². The normalized spacial score (nSPS) is 25.7. The van der Waals surface area contributed by atoms with Crippen LogP contribution < -0.4 is 16.0 Å². The van der Waals surface area contributed by atoms with Gasteiger partial charge in [0.2, 0.25) is 11.8 Å². The van der Waals surface area contributed by atoms with Gasteiger partial charge in [-0.05, 0) is 48.6 Å². The van der Waals surface area contributed by atoms with Crippen LogP contribution >= 0.6 is 0 Å². The van der Waals surface area contributed by atoms with Crippen molar-refractivity contribution in [2.75, 3.05) is 17.2 Å². The molecule has 3 aliphatic rings. The van der Waals surface area contributed by atoms with Gasteiger partial charge in [0.15, 0.2) is 5.41 Å². The first-order valence-corrected chi connectivity index (χ1v) is 10.9. The average molecular weight is 418 g/mol. The molecule has 0 aliphatic carbocycles. The summed E-state index contributed by atoms with van der Waals surface area (Å²) >= 11 is 0. The summed E-state index contributed by atoms with van der Waals surface area (Å²) in [7, 11) is 0. The van der Waals surface area contributed by atoms with E-state index in [0.717, 1.165) is 49.0 Å². The third kappa shape index (κ3) is 3.07. The number of imide groups is 2. The Hall–Kier alpha value is -3.35. The molecule has 31 heavy (non-hydrogen) atoms. The van der Waals surface area contributed by atoms with Crippen molar-refractivity contribution in [1.29, 1.82) is 0 Å². The number of nitrogen functional groups attached to an aromatic ring is 1. The Morgan fingerprint density at radius 1 is 1.03 bits per heavy atom. The van der Waals surface area contributed by atoms with Crippen molar-refractivity contribution in [1.82, 2.24) is 10.2 Å². The lowest BCUT2D eigenvalue weighted by Crippen LogP contribution is -2.71. The van der Waals surface area contributed by atoms with E-state index in [0.29, 0.717) is 5.69 Å². The minimum atomic E-state index is -1.34. The van der Waals surface area contributed by atoms with E-state index in [1.807, 2.05) is 48.5 Å². The molecule has 0 unspecified atom stereocenters. The van der Waals surface area contributed by atoms with E-state index >= 15 is 0 Å². The van der Waals surface area contributed by atoms with Gasteiger partial charge in [0, 0.05) is 17.9 Å². The second-order valence-corrected chi connectivity index (χ2v) is 8.73. The zero-order valence-electron chi connectivity index (χ0n) is 17.3. The number of fused-ring (bicyclic) bond motifs is 4. The van der Waals surface area contributed by atoms with E-state index in [1.165, 1.54) is 4.90 Å². The smallest absolute Gasteiger partial charge is 0.331 e. The molecule has 3 heterocycles. The third-order valence-electron chi connectivity index (χ3n) is 6.89. The molecule has 5 rings (SSSR count). The fourth-order valence-electron chi connectivity index (χ4n) is 5.42. The van der Waals surface area contributed by atoms with Crippen LogP contribution in [0.1, 0.15) is 36.8 Å². The van der Waals surface area contributed by atoms with Crippen LogP contribution in [0.2, 0.25) is 0 Å². The average Bonchev–Trinajstić information content (AvgIpc) is 3.02. The zero-order chi connectivity index (χ0) is 21.6. The molecule has 1 spiro atoms. The first-order chi connectivity index (χ1) is 15.0. The Labute approximate surface area is 181 Å². The van der Waals surface area contributed by atoms with Crippen LogP contribution in [0.25, 0.3) is 0 Å². The predicted molar refractivity (Wildman–Crippen MR) is 117 cm³/mol. The highest BCUT2D eigenvalue weighted by atomic mass is 16.2. The first-order valence-electron chi connectivity index (χ1n) is 10.9. The Kier molecular flexibility index (Phi) is 4.68. The van der Waals surface area contributed by atoms with Gasteiger partial charge >= 0.3 is 6.03 Å². The van der Waals surface area contributed by atoms with Crippen LogP contribution in [0.4, 0.5) is 16.2 Å². The van der Waals surface area contributed by atoms with Gasteiger partial charge in [-0.15, -0.1) is 0 Å². The molecule has 0 bridgehead atoms. The predicted octanol–water partition coefficient (Wildman–Crippen LogP) is 2.84. The number of anilines is 2. The number of rotatable bonds is 2. The number of nitrogens with one attached hydrogen (secondary N) is 1. The van der Waals surface area contributed by atoms with E-state index in [9.17, 15) is 14.4 Å². The maximum atomic E-state index is 14.0. The van der Waals surface area contributed by atoms with E-state index in [2.05, 4.69) is 10.2 Å². The van der Waals surface area contributed by atoms with E-state index in [1.54, 1.807) is 0 Å². The van der Waals surface area contributed by atoms with Crippen molar-refractivity contribution in [3.8, 4) is 0 Å². The quantitative estimate of drug-likeness (QED) is 0.578. The Morgan fingerprint density at radius 3 is 2.65 bits per heavy atom. The van der Waals surface area contributed by atoms with E-state index in [4.69, 9.17) is 5.73 Å². The Morgan fingerprint density at radius 2 is 1.84 bits per heavy atom. The number of hydrogen-bond acceptors (Lipinski definition) is 5. The van der Waals surface area contributed by atoms with Crippen molar-refractivity contribution in [3.05, 3.63) is 59.7 Å². The lowest BCUT2D eigenvalue weighted by atomic mass is 9.67. The Bertz CT molecular complexity index is 1050. The molecule has 2 saturated heterocycles.